The van der Waals surface area contributed by atoms with Crippen molar-refractivity contribution in [3.8, 4) is 0 Å². The van der Waals surface area contributed by atoms with E-state index in [-0.39, 0.29) is 12.1 Å². The van der Waals surface area contributed by atoms with Crippen LogP contribution in [0.4, 0.5) is 0 Å². The van der Waals surface area contributed by atoms with Crippen molar-refractivity contribution >= 4 is 21.9 Å². The van der Waals surface area contributed by atoms with E-state index in [1.165, 1.54) is 0 Å². The van der Waals surface area contributed by atoms with Gasteiger partial charge in [-0.2, -0.15) is 0 Å². The van der Waals surface area contributed by atoms with Crippen molar-refractivity contribution in [2.75, 3.05) is 0 Å². The molecule has 2 aromatic heterocycles. The fraction of sp³-hybridized carbons (Fsp3) is 0.263. The number of hydrogen-bond donors (Lipinski definition) is 1. The van der Waals surface area contributed by atoms with Crippen LogP contribution in [0.2, 0.25) is 0 Å². The van der Waals surface area contributed by atoms with Crippen LogP contribution in [0, 0.1) is 5.92 Å². The smallest absolute Gasteiger partial charge is 0.155 e. The highest BCUT2D eigenvalue weighted by Gasteiger charge is 2.28. The maximum absolute atomic E-state index is 10.9. The van der Waals surface area contributed by atoms with Gasteiger partial charge in [-0.3, -0.25) is 0 Å². The number of aliphatic hydroxyl groups excluding tert-OH is 1. The number of benzene rings is 2. The van der Waals surface area contributed by atoms with Crippen LogP contribution in [-0.2, 0) is 0 Å². The predicted molar refractivity (Wildman–Crippen MR) is 94.7 cm³/mol. The maximum atomic E-state index is 10.9. The number of rotatable bonds is 4. The van der Waals surface area contributed by atoms with Crippen LogP contribution >= 0.6 is 0 Å². The van der Waals surface area contributed by atoms with Crippen molar-refractivity contribution in [1.82, 2.24) is 19.6 Å². The molecule has 5 nitrogen and oxygen atoms in total. The summed E-state index contributed by atoms with van der Waals surface area (Å²) in [6.07, 6.45) is 1.07. The molecule has 2 unspecified atom stereocenters. The first-order chi connectivity index (χ1) is 11.7. The Bertz CT molecular complexity index is 911. The van der Waals surface area contributed by atoms with Crippen LogP contribution in [0.1, 0.15) is 20.0 Å². The molecule has 0 aliphatic rings. The Balaban J connectivity index is 1.95. The third-order valence-electron chi connectivity index (χ3n) is 4.53. The minimum atomic E-state index is -0.592. The Morgan fingerprint density at radius 2 is 1.62 bits per heavy atom. The largest absolute Gasteiger partial charge is 0.389 e. The standard InChI is InChI=1S/C19H20N4O/c1-13(2)18(24)19(22-12-11-14-7-3-5-9-16(14)22)23-17-10-6-4-8-15(17)20-21-23/h3-13,18-19,24H,1-2H3. The Hall–Kier alpha value is -2.66. The second-order valence-electron chi connectivity index (χ2n) is 6.45. The average Bonchev–Trinajstić information content (AvgIpc) is 3.20. The lowest BCUT2D eigenvalue weighted by atomic mass is 10.0. The fourth-order valence-corrected chi connectivity index (χ4v) is 3.19. The van der Waals surface area contributed by atoms with E-state index in [0.717, 1.165) is 21.9 Å². The van der Waals surface area contributed by atoms with Gasteiger partial charge in [-0.15, -0.1) is 5.10 Å². The molecule has 0 fully saturated rings. The van der Waals surface area contributed by atoms with E-state index < -0.39 is 6.10 Å². The molecule has 5 heteroatoms. The molecule has 24 heavy (non-hydrogen) atoms. The Kier molecular flexibility index (Phi) is 3.58. The number of hydrogen-bond acceptors (Lipinski definition) is 3. The molecule has 0 bridgehead atoms. The van der Waals surface area contributed by atoms with E-state index in [1.807, 2.05) is 61.1 Å². The van der Waals surface area contributed by atoms with Crippen molar-refractivity contribution in [2.45, 2.75) is 26.1 Å². The molecule has 122 valence electrons. The third-order valence-corrected chi connectivity index (χ3v) is 4.53. The summed E-state index contributed by atoms with van der Waals surface area (Å²) in [6.45, 7) is 4.03. The van der Waals surface area contributed by atoms with E-state index in [4.69, 9.17) is 0 Å². The number of para-hydroxylation sites is 2. The van der Waals surface area contributed by atoms with Crippen molar-refractivity contribution in [1.29, 1.82) is 0 Å². The van der Waals surface area contributed by atoms with Gasteiger partial charge in [0.25, 0.3) is 0 Å². The van der Waals surface area contributed by atoms with Crippen LogP contribution < -0.4 is 0 Å². The number of aliphatic hydroxyl groups is 1. The molecule has 1 N–H and O–H groups in total. The molecule has 2 aromatic carbocycles. The zero-order chi connectivity index (χ0) is 16.7. The highest BCUT2D eigenvalue weighted by atomic mass is 16.3. The minimum Gasteiger partial charge on any atom is -0.389 e. The Morgan fingerprint density at radius 1 is 0.917 bits per heavy atom. The van der Waals surface area contributed by atoms with Gasteiger partial charge in [0.1, 0.15) is 5.52 Å². The molecule has 0 amide bonds. The number of nitrogens with zero attached hydrogens (tertiary/aromatic N) is 4. The van der Waals surface area contributed by atoms with Crippen LogP contribution in [0.5, 0.6) is 0 Å². The quantitative estimate of drug-likeness (QED) is 0.626. The lowest BCUT2D eigenvalue weighted by Crippen LogP contribution is -2.34. The highest BCUT2D eigenvalue weighted by Crippen LogP contribution is 2.28. The molecule has 0 saturated heterocycles. The first-order valence-electron chi connectivity index (χ1n) is 8.20. The third kappa shape index (κ3) is 2.29. The van der Waals surface area contributed by atoms with E-state index in [0.29, 0.717) is 0 Å². The minimum absolute atomic E-state index is 0.0825. The summed E-state index contributed by atoms with van der Waals surface area (Å²) in [5, 5.41) is 20.7. The summed E-state index contributed by atoms with van der Waals surface area (Å²) in [5.74, 6) is 0.0825. The number of aromatic nitrogens is 4. The molecule has 0 aliphatic heterocycles. The monoisotopic (exact) mass is 320 g/mol. The molecule has 0 aliphatic carbocycles. The molecule has 4 rings (SSSR count). The lowest BCUT2D eigenvalue weighted by molar-refractivity contribution is 0.0536. The Labute approximate surface area is 140 Å². The van der Waals surface area contributed by atoms with Crippen molar-refractivity contribution in [3.63, 3.8) is 0 Å². The summed E-state index contributed by atoms with van der Waals surface area (Å²) in [7, 11) is 0. The van der Waals surface area contributed by atoms with Gasteiger partial charge in [0.05, 0.1) is 11.6 Å². The van der Waals surface area contributed by atoms with Gasteiger partial charge >= 0.3 is 0 Å². The summed E-state index contributed by atoms with van der Waals surface area (Å²) in [5.41, 5.74) is 2.82. The first-order valence-corrected chi connectivity index (χ1v) is 8.20. The van der Waals surface area contributed by atoms with Gasteiger partial charge in [0, 0.05) is 11.7 Å². The normalized spacial score (nSPS) is 14.5. The van der Waals surface area contributed by atoms with Crippen molar-refractivity contribution in [2.24, 2.45) is 5.92 Å². The fourth-order valence-electron chi connectivity index (χ4n) is 3.19. The SMILES string of the molecule is CC(C)C(O)C(n1ccc2ccccc21)n1nnc2ccccc21. The highest BCUT2D eigenvalue weighted by molar-refractivity contribution is 5.80. The first kappa shape index (κ1) is 14.9. The average molecular weight is 320 g/mol. The molecule has 0 radical (unpaired) electrons. The van der Waals surface area contributed by atoms with Crippen molar-refractivity contribution in [3.05, 3.63) is 60.8 Å². The van der Waals surface area contributed by atoms with Crippen LogP contribution in [0.3, 0.4) is 0 Å². The summed E-state index contributed by atoms with van der Waals surface area (Å²) in [6, 6.07) is 18.1. The lowest BCUT2D eigenvalue weighted by Gasteiger charge is -2.28. The van der Waals surface area contributed by atoms with Gasteiger partial charge in [0.15, 0.2) is 6.17 Å². The maximum Gasteiger partial charge on any atom is 0.155 e. The summed E-state index contributed by atoms with van der Waals surface area (Å²) < 4.78 is 3.91. The molecule has 2 heterocycles. The van der Waals surface area contributed by atoms with E-state index in [2.05, 4.69) is 33.1 Å². The number of fused-ring (bicyclic) bond motifs is 2. The Morgan fingerprint density at radius 3 is 2.42 bits per heavy atom. The van der Waals surface area contributed by atoms with E-state index >= 15 is 0 Å². The van der Waals surface area contributed by atoms with E-state index in [9.17, 15) is 5.11 Å². The van der Waals surface area contributed by atoms with Crippen LogP contribution in [0.15, 0.2) is 60.8 Å². The molecule has 0 saturated carbocycles. The predicted octanol–water partition coefficient (Wildman–Crippen LogP) is 3.45. The summed E-state index contributed by atoms with van der Waals surface area (Å²) >= 11 is 0. The zero-order valence-electron chi connectivity index (χ0n) is 13.7. The van der Waals surface area contributed by atoms with Gasteiger partial charge in [-0.25, -0.2) is 4.68 Å². The van der Waals surface area contributed by atoms with Gasteiger partial charge < -0.3 is 9.67 Å². The molecule has 0 spiro atoms. The second-order valence-corrected chi connectivity index (χ2v) is 6.45. The zero-order valence-corrected chi connectivity index (χ0v) is 13.7. The van der Waals surface area contributed by atoms with Crippen molar-refractivity contribution < 1.29 is 5.11 Å². The molecular formula is C19H20N4O. The van der Waals surface area contributed by atoms with Crippen LogP contribution in [0.25, 0.3) is 21.9 Å². The van der Waals surface area contributed by atoms with Gasteiger partial charge in [-0.05, 0) is 35.6 Å². The molecular weight excluding hydrogens is 300 g/mol. The second kappa shape index (κ2) is 5.76. The summed E-state index contributed by atoms with van der Waals surface area (Å²) in [4.78, 5) is 0. The molecule has 4 aromatic rings. The van der Waals surface area contributed by atoms with Crippen LogP contribution in [-0.4, -0.2) is 30.8 Å². The van der Waals surface area contributed by atoms with Gasteiger partial charge in [0.2, 0.25) is 0 Å². The van der Waals surface area contributed by atoms with Gasteiger partial charge in [-0.1, -0.05) is 49.4 Å². The topological polar surface area (TPSA) is 55.9 Å². The van der Waals surface area contributed by atoms with E-state index in [1.54, 1.807) is 0 Å². The molecule has 2 atom stereocenters.